The van der Waals surface area contributed by atoms with E-state index in [4.69, 9.17) is 11.6 Å². The largest absolute Gasteiger partial charge is 0.336 e. The molecule has 1 N–H and O–H groups in total. The van der Waals surface area contributed by atoms with E-state index in [0.29, 0.717) is 37.4 Å². The molecule has 0 spiro atoms. The molecule has 1 atom stereocenters. The lowest BCUT2D eigenvalue weighted by molar-refractivity contribution is 0.0582. The quantitative estimate of drug-likeness (QED) is 0.723. The Labute approximate surface area is 170 Å². The van der Waals surface area contributed by atoms with Gasteiger partial charge in [0.05, 0.1) is 5.02 Å². The molecule has 1 aliphatic heterocycles. The predicted octanol–water partition coefficient (Wildman–Crippen LogP) is 2.94. The number of carbonyl (C=O) groups is 1. The van der Waals surface area contributed by atoms with Crippen molar-refractivity contribution in [2.45, 2.75) is 13.0 Å². The molecule has 0 saturated carbocycles. The molecular formula is C19H21ClFN3O3S. The van der Waals surface area contributed by atoms with Crippen molar-refractivity contribution in [1.29, 1.82) is 0 Å². The lowest BCUT2D eigenvalue weighted by Gasteiger charge is -2.38. The third-order valence-electron chi connectivity index (χ3n) is 4.93. The summed E-state index contributed by atoms with van der Waals surface area (Å²) in [5.41, 5.74) is 1.87. The van der Waals surface area contributed by atoms with E-state index in [-0.39, 0.29) is 17.0 Å². The van der Waals surface area contributed by atoms with Crippen molar-refractivity contribution in [3.63, 3.8) is 0 Å². The van der Waals surface area contributed by atoms with Crippen LogP contribution in [0.15, 0.2) is 42.5 Å². The van der Waals surface area contributed by atoms with Crippen molar-refractivity contribution in [3.8, 4) is 0 Å². The first kappa shape index (κ1) is 20.6. The van der Waals surface area contributed by atoms with Gasteiger partial charge in [-0.15, -0.1) is 0 Å². The summed E-state index contributed by atoms with van der Waals surface area (Å²) in [6.07, 6.45) is 0. The zero-order valence-electron chi connectivity index (χ0n) is 15.3. The summed E-state index contributed by atoms with van der Waals surface area (Å²) in [5, 5.41) is 0.109. The lowest BCUT2D eigenvalue weighted by Crippen LogP contribution is -2.49. The van der Waals surface area contributed by atoms with Gasteiger partial charge in [0.25, 0.3) is 5.91 Å². The maximum Gasteiger partial charge on any atom is 0.253 e. The molecule has 1 fully saturated rings. The molecule has 9 heteroatoms. The first-order chi connectivity index (χ1) is 13.3. The second-order valence-corrected chi connectivity index (χ2v) is 7.77. The van der Waals surface area contributed by atoms with Crippen LogP contribution in [0.3, 0.4) is 0 Å². The summed E-state index contributed by atoms with van der Waals surface area (Å²) in [6.45, 7) is 4.57. The highest BCUT2D eigenvalue weighted by atomic mass is 35.5. The lowest BCUT2D eigenvalue weighted by atomic mass is 10.1. The average Bonchev–Trinajstić information content (AvgIpc) is 2.69. The van der Waals surface area contributed by atoms with Crippen LogP contribution in [0, 0.1) is 5.82 Å². The highest BCUT2D eigenvalue weighted by Gasteiger charge is 2.25. The predicted molar refractivity (Wildman–Crippen MR) is 108 cm³/mol. The molecule has 1 unspecified atom stereocenters. The van der Waals surface area contributed by atoms with Gasteiger partial charge < -0.3 is 4.90 Å². The zero-order valence-corrected chi connectivity index (χ0v) is 16.9. The van der Waals surface area contributed by atoms with Gasteiger partial charge in [-0.1, -0.05) is 17.7 Å². The van der Waals surface area contributed by atoms with Gasteiger partial charge in [-0.2, -0.15) is 0 Å². The first-order valence-corrected chi connectivity index (χ1v) is 10.4. The van der Waals surface area contributed by atoms with Gasteiger partial charge in [-0.25, -0.2) is 12.8 Å². The number of piperazine rings is 1. The van der Waals surface area contributed by atoms with Crippen molar-refractivity contribution in [3.05, 3.63) is 64.4 Å². The van der Waals surface area contributed by atoms with Gasteiger partial charge in [-0.3, -0.25) is 14.4 Å². The Morgan fingerprint density at radius 3 is 2.32 bits per heavy atom. The summed E-state index contributed by atoms with van der Waals surface area (Å²) in [7, 11) is -2.73. The second kappa shape index (κ2) is 8.89. The maximum absolute atomic E-state index is 13.4. The number of hydrogen-bond donors (Lipinski definition) is 2. The van der Waals surface area contributed by atoms with Crippen molar-refractivity contribution >= 4 is 34.1 Å². The van der Waals surface area contributed by atoms with Crippen molar-refractivity contribution < 1.29 is 17.6 Å². The molecule has 0 bridgehead atoms. The Bertz CT molecular complexity index is 921. The molecule has 150 valence electrons. The standard InChI is InChI=1S/C19H21ClFN3O3S/c1-13(15-4-7-18(21)17(20)12-15)23-8-10-24(11-9-23)19(25)14-2-5-16(6-3-14)22-28(26)27/h2-7,12-13,28H,8-11H2,1H3,(H,22,26,27). The van der Waals surface area contributed by atoms with E-state index in [1.807, 2.05) is 6.92 Å². The number of rotatable bonds is 5. The van der Waals surface area contributed by atoms with E-state index in [9.17, 15) is 17.6 Å². The van der Waals surface area contributed by atoms with Gasteiger partial charge in [0.2, 0.25) is 10.9 Å². The van der Waals surface area contributed by atoms with E-state index in [1.54, 1.807) is 41.3 Å². The van der Waals surface area contributed by atoms with Crippen molar-refractivity contribution in [2.75, 3.05) is 30.9 Å². The fourth-order valence-corrected chi connectivity index (χ4v) is 3.82. The van der Waals surface area contributed by atoms with Gasteiger partial charge in [0.1, 0.15) is 5.82 Å². The molecule has 1 amide bonds. The summed E-state index contributed by atoms with van der Waals surface area (Å²) >= 11 is 5.88. The minimum Gasteiger partial charge on any atom is -0.336 e. The molecule has 3 rings (SSSR count). The molecular weight excluding hydrogens is 405 g/mol. The van der Waals surface area contributed by atoms with Gasteiger partial charge in [-0.05, 0) is 48.9 Å². The van der Waals surface area contributed by atoms with Crippen LogP contribution in [0.4, 0.5) is 10.1 Å². The Hall–Kier alpha value is -2.16. The normalized spacial score (nSPS) is 16.2. The Kier molecular flexibility index (Phi) is 6.53. The third-order valence-corrected chi connectivity index (χ3v) is 5.66. The fourth-order valence-electron chi connectivity index (χ4n) is 3.27. The molecule has 1 heterocycles. The van der Waals surface area contributed by atoms with Crippen molar-refractivity contribution in [1.82, 2.24) is 9.80 Å². The first-order valence-electron chi connectivity index (χ1n) is 8.84. The number of nitrogens with one attached hydrogen (secondary N) is 1. The SMILES string of the molecule is CC(c1ccc(F)c(Cl)c1)N1CCN(C(=O)c2ccc(N[SH](=O)=O)cc2)CC1. The van der Waals surface area contributed by atoms with Crippen LogP contribution in [0.2, 0.25) is 5.02 Å². The Balaban J connectivity index is 1.59. The number of carbonyl (C=O) groups excluding carboxylic acids is 1. The molecule has 2 aromatic rings. The molecule has 1 saturated heterocycles. The Morgan fingerprint density at radius 1 is 1.11 bits per heavy atom. The molecule has 28 heavy (non-hydrogen) atoms. The van der Waals surface area contributed by atoms with Crippen LogP contribution in [0.25, 0.3) is 0 Å². The van der Waals surface area contributed by atoms with E-state index >= 15 is 0 Å². The number of anilines is 1. The number of halogens is 2. The van der Waals surface area contributed by atoms with Gasteiger partial charge in [0, 0.05) is 43.5 Å². The summed E-state index contributed by atoms with van der Waals surface area (Å²) in [6, 6.07) is 11.2. The topological polar surface area (TPSA) is 69.7 Å². The minimum absolute atomic E-state index is 0.0646. The number of benzene rings is 2. The Morgan fingerprint density at radius 2 is 1.75 bits per heavy atom. The molecule has 0 aromatic heterocycles. The van der Waals surface area contributed by atoms with Crippen LogP contribution in [-0.2, 0) is 10.9 Å². The summed E-state index contributed by atoms with van der Waals surface area (Å²) in [4.78, 5) is 16.7. The van der Waals surface area contributed by atoms with E-state index in [0.717, 1.165) is 5.56 Å². The molecule has 0 aliphatic carbocycles. The average molecular weight is 426 g/mol. The molecule has 2 aromatic carbocycles. The van der Waals surface area contributed by atoms with Crippen LogP contribution in [-0.4, -0.2) is 50.3 Å². The number of amides is 1. The molecule has 1 aliphatic rings. The van der Waals surface area contributed by atoms with E-state index in [2.05, 4.69) is 9.62 Å². The second-order valence-electron chi connectivity index (χ2n) is 6.62. The van der Waals surface area contributed by atoms with Crippen LogP contribution < -0.4 is 4.72 Å². The molecule has 0 radical (unpaired) electrons. The highest BCUT2D eigenvalue weighted by molar-refractivity contribution is 7.73. The fraction of sp³-hybridized carbons (Fsp3) is 0.316. The number of thiol groups is 1. The molecule has 6 nitrogen and oxygen atoms in total. The number of nitrogens with zero attached hydrogens (tertiary/aromatic N) is 2. The van der Waals surface area contributed by atoms with Crippen LogP contribution in [0.1, 0.15) is 28.9 Å². The minimum atomic E-state index is -2.73. The summed E-state index contributed by atoms with van der Waals surface area (Å²) < 4.78 is 37.0. The zero-order chi connectivity index (χ0) is 20.3. The maximum atomic E-state index is 13.4. The smallest absolute Gasteiger partial charge is 0.253 e. The number of hydrogen-bond acceptors (Lipinski definition) is 4. The van der Waals surface area contributed by atoms with Crippen LogP contribution in [0.5, 0.6) is 0 Å². The monoisotopic (exact) mass is 425 g/mol. The van der Waals surface area contributed by atoms with E-state index in [1.165, 1.54) is 6.07 Å². The highest BCUT2D eigenvalue weighted by Crippen LogP contribution is 2.26. The van der Waals surface area contributed by atoms with Gasteiger partial charge >= 0.3 is 0 Å². The van der Waals surface area contributed by atoms with Crippen LogP contribution >= 0.6 is 11.6 Å². The van der Waals surface area contributed by atoms with Gasteiger partial charge in [0.15, 0.2) is 0 Å². The summed E-state index contributed by atoms with van der Waals surface area (Å²) in [5.74, 6) is -0.522. The van der Waals surface area contributed by atoms with E-state index < -0.39 is 16.7 Å². The third kappa shape index (κ3) is 4.81. The van der Waals surface area contributed by atoms with Crippen molar-refractivity contribution in [2.24, 2.45) is 0 Å².